The van der Waals surface area contributed by atoms with Crippen molar-refractivity contribution in [2.75, 3.05) is 58.8 Å². The maximum atomic E-state index is 6.25. The Bertz CT molecular complexity index is 5810. The zero-order valence-electron chi connectivity index (χ0n) is 82.7. The van der Waals surface area contributed by atoms with Crippen molar-refractivity contribution in [3.63, 3.8) is 0 Å². The normalized spacial score (nSPS) is 14.8. The summed E-state index contributed by atoms with van der Waals surface area (Å²) < 4.78 is 0. The van der Waals surface area contributed by atoms with Crippen LogP contribution in [0.5, 0.6) is 0 Å². The summed E-state index contributed by atoms with van der Waals surface area (Å²) in [5.41, 5.74) is 37.2. The molecule has 0 atom stereocenters. The number of benzene rings is 11. The Labute approximate surface area is 846 Å². The Hall–Kier alpha value is -11.5. The predicted octanol–water partition coefficient (Wildman–Crippen LogP) is 30.3. The number of nitrogens with zero attached hydrogens (tertiary/aromatic N) is 15. The van der Waals surface area contributed by atoms with Crippen molar-refractivity contribution in [3.8, 4) is 0 Å². The molecule has 11 aromatic carbocycles. The molecule has 18 heteroatoms. The molecule has 0 saturated carbocycles. The molecule has 11 aromatic rings. The van der Waals surface area contributed by atoms with E-state index in [0.29, 0.717) is 0 Å². The smallest absolute Gasteiger partial charge is 0.512 e. The molecule has 0 unspecified atom stereocenters. The molecule has 696 valence electrons. The molecule has 0 aromatic heterocycles. The van der Waals surface area contributed by atoms with Crippen molar-refractivity contribution < 1.29 is 63.2 Å². The quantitative estimate of drug-likeness (QED) is 0.108. The molecule has 0 saturated heterocycles. The van der Waals surface area contributed by atoms with Crippen LogP contribution in [-0.4, -0.2) is 0 Å². The number of allylic oxidation sites excluding steroid dienone is 6. The molecule has 0 spiro atoms. The summed E-state index contributed by atoms with van der Waals surface area (Å²) in [4.78, 5) is 26.9. The number of aryl methyl sites for hydroxylation is 3. The Morgan fingerprint density at radius 3 is 0.627 bits per heavy atom. The molecule has 0 aliphatic carbocycles. The molecule has 0 bridgehead atoms. The number of anilines is 16. The first kappa shape index (κ1) is 106. The largest absolute Gasteiger partial charge is 4.00 e. The van der Waals surface area contributed by atoms with Crippen LogP contribution in [0.1, 0.15) is 216 Å². The van der Waals surface area contributed by atoms with E-state index >= 15 is 0 Å². The number of hydrogen-bond acceptors (Lipinski definition) is 15. The topological polar surface area (TPSA) is 110 Å². The minimum atomic E-state index is 0. The van der Waals surface area contributed by atoms with Gasteiger partial charge in [0.15, 0.2) is 0 Å². The zero-order valence-corrected chi connectivity index (χ0v) is 89.5. The maximum Gasteiger partial charge on any atom is 4.00 e. The van der Waals surface area contributed by atoms with Gasteiger partial charge in [-0.25, -0.2) is 0 Å². The summed E-state index contributed by atoms with van der Waals surface area (Å²) in [6.45, 7) is 87.4. The van der Waals surface area contributed by atoms with E-state index in [9.17, 15) is 0 Å². The summed E-state index contributed by atoms with van der Waals surface area (Å²) in [7, 11) is 0. The predicted molar refractivity (Wildman–Crippen MR) is 547 cm³/mol. The van der Waals surface area contributed by atoms with Crippen molar-refractivity contribution in [2.24, 2.45) is 0 Å². The third-order valence-electron chi connectivity index (χ3n) is 25.0. The minimum Gasteiger partial charge on any atom is -0.512 e. The Balaban J connectivity index is 0.000000217. The second-order valence-electron chi connectivity index (χ2n) is 40.6. The SMILES string of the molecule is CC1=C(C)N(c2ccc(C(C)(C)C)cc2)[CH-]N1c1[c-]c(N2C=CN(c3ccc(C(C)(C)C)cc3)[CH-]2)cc(C)c1.CC1=C(C)N(c2ccc(C(C)(C)C)cc2)[CH-]N1c1[c-]c(N2[CH-]N(c3ccc(C(C)(C)C)cc3)c3ccccc32)cc(C)c1.CC1=C(C)N(c2ccc(C(C)(C)C)cc2)[CH-]N1c1[c-]c(N2[CH-]N(c3ccc(C(C)(C)C)cc3)c3ccccc32)cc(C)c1.[C-]#N.[C-]#N.[C-]#N.[Pt+4].[Pt+4].[Pt+4]. The first-order valence-corrected chi connectivity index (χ1v) is 44.8. The third kappa shape index (κ3) is 23.4. The van der Waals surface area contributed by atoms with E-state index in [-0.39, 0.29) is 95.7 Å². The van der Waals surface area contributed by atoms with Crippen LogP contribution in [0.3, 0.4) is 0 Å². The second kappa shape index (κ2) is 43.0. The van der Waals surface area contributed by atoms with Crippen LogP contribution in [0, 0.1) is 114 Å². The fourth-order valence-corrected chi connectivity index (χ4v) is 16.7. The fourth-order valence-electron chi connectivity index (χ4n) is 16.7. The first-order valence-electron chi connectivity index (χ1n) is 44.8. The molecule has 0 amide bonds. The van der Waals surface area contributed by atoms with Crippen LogP contribution >= 0.6 is 0 Å². The molecule has 6 aliphatic heterocycles. The molecule has 0 radical (unpaired) electrons. The van der Waals surface area contributed by atoms with E-state index < -0.39 is 0 Å². The first-order chi connectivity index (χ1) is 61.9. The van der Waals surface area contributed by atoms with Gasteiger partial charge in [0.05, 0.1) is 0 Å². The van der Waals surface area contributed by atoms with E-state index in [2.05, 4.69) is 547 Å². The summed E-state index contributed by atoms with van der Waals surface area (Å²) in [5.74, 6) is 0. The van der Waals surface area contributed by atoms with Gasteiger partial charge < -0.3 is 94.3 Å². The van der Waals surface area contributed by atoms with E-state index in [1.54, 1.807) is 0 Å². The third-order valence-corrected chi connectivity index (χ3v) is 25.0. The van der Waals surface area contributed by atoms with Gasteiger partial charge in [0.25, 0.3) is 0 Å². The van der Waals surface area contributed by atoms with Gasteiger partial charge in [-0.1, -0.05) is 242 Å². The van der Waals surface area contributed by atoms with Crippen LogP contribution in [0.15, 0.2) is 277 Å². The minimum absolute atomic E-state index is 0. The van der Waals surface area contributed by atoms with Gasteiger partial charge in [-0.05, 0) is 217 Å². The van der Waals surface area contributed by atoms with Crippen LogP contribution in [0.4, 0.5) is 91.0 Å². The number of fused-ring (bicyclic) bond motifs is 2. The summed E-state index contributed by atoms with van der Waals surface area (Å²) in [5, 5.41) is 18.8. The Kier molecular flexibility index (Phi) is 34.1. The standard InChI is InChI=1S/2C39H43N4.C35H41N4.3CN.3Pt/c2*1-27-22-34(41-25-40(28(2)29(41)3)32-18-14-30(15-19-32)38(4,5)6)24-35(23-27)43-26-42(36-12-10-11-13-37(36)43)33-20-16-31(17-21-33)39(7,8)9;1-25-20-32(37-19-18-36(23-37)30-14-10-28(11-15-30)34(4,5)6)22-33(21-25)39-24-38(26(2)27(39)3)31-16-12-29(13-17-31)35(7,8)9;3*1-2;;;/h2*10-23,25-26H,1-9H3;10-21,23-24H,1-9H3;;;;;;/q3*-3;3*-1;3*+4. The average molecular weight is 2320 g/mol. The van der Waals surface area contributed by atoms with Gasteiger partial charge in [0.2, 0.25) is 0 Å². The molecule has 0 N–H and O–H groups in total. The van der Waals surface area contributed by atoms with Crippen molar-refractivity contribution in [1.29, 1.82) is 15.8 Å². The van der Waals surface area contributed by atoms with Crippen molar-refractivity contribution in [3.05, 3.63) is 405 Å². The Morgan fingerprint density at radius 1 is 0.209 bits per heavy atom. The fraction of sp³-hybridized carbons (Fsp3) is 0.284. The molecule has 6 heterocycles. The summed E-state index contributed by atoms with van der Waals surface area (Å²) >= 11 is 0. The van der Waals surface area contributed by atoms with Gasteiger partial charge >= 0.3 is 63.2 Å². The van der Waals surface area contributed by atoms with E-state index in [0.717, 1.165) is 85.3 Å². The molecule has 17 rings (SSSR count). The van der Waals surface area contributed by atoms with Crippen LogP contribution in [0.25, 0.3) is 0 Å². The zero-order chi connectivity index (χ0) is 95.5. The van der Waals surface area contributed by atoms with Gasteiger partial charge in [-0.3, -0.25) is 0 Å². The van der Waals surface area contributed by atoms with Crippen LogP contribution < -0.4 is 58.8 Å². The molecule has 134 heavy (non-hydrogen) atoms. The average Bonchev–Trinajstić information content (AvgIpc) is 1.60. The van der Waals surface area contributed by atoms with Crippen LogP contribution in [-0.2, 0) is 95.7 Å². The molecule has 15 nitrogen and oxygen atoms in total. The number of para-hydroxylation sites is 4. The van der Waals surface area contributed by atoms with E-state index in [1.807, 2.05) is 0 Å². The van der Waals surface area contributed by atoms with Crippen molar-refractivity contribution in [1.82, 2.24) is 0 Å². The number of rotatable bonds is 12. The van der Waals surface area contributed by atoms with Gasteiger partial charge in [0, 0.05) is 91.1 Å². The monoisotopic (exact) mass is 2310 g/mol. The summed E-state index contributed by atoms with van der Waals surface area (Å²) in [6, 6.07) is 95.1. The maximum absolute atomic E-state index is 6.25. The molecule has 6 aliphatic rings. The molecular weight excluding hydrogens is 2190 g/mol. The van der Waals surface area contributed by atoms with Crippen molar-refractivity contribution >= 4 is 91.0 Å². The van der Waals surface area contributed by atoms with Crippen LogP contribution in [0.2, 0.25) is 0 Å². The number of hydrogen-bond donors (Lipinski definition) is 0. The summed E-state index contributed by atoms with van der Waals surface area (Å²) in [6.07, 6.45) is 4.19. The Morgan fingerprint density at radius 2 is 0.388 bits per heavy atom. The second-order valence-corrected chi connectivity index (χ2v) is 40.6. The molecule has 0 fully saturated rings. The van der Waals surface area contributed by atoms with E-state index in [1.165, 1.54) is 89.9 Å². The van der Waals surface area contributed by atoms with E-state index in [4.69, 9.17) is 35.5 Å². The van der Waals surface area contributed by atoms with Gasteiger partial charge in [-0.2, -0.15) is 16.7 Å². The molecular formula is C116H127N15Pt3. The van der Waals surface area contributed by atoms with Gasteiger partial charge in [-0.15, -0.1) is 129 Å². The van der Waals surface area contributed by atoms with Gasteiger partial charge in [0.1, 0.15) is 0 Å². The van der Waals surface area contributed by atoms with Crippen molar-refractivity contribution in [2.45, 2.75) is 219 Å².